The molecule has 0 radical (unpaired) electrons. The summed E-state index contributed by atoms with van der Waals surface area (Å²) in [5.41, 5.74) is 6.86. The molecule has 4 heteroatoms. The summed E-state index contributed by atoms with van der Waals surface area (Å²) >= 11 is 0. The maximum Gasteiger partial charge on any atom is 0.223 e. The fourth-order valence-electron chi connectivity index (χ4n) is 3.15. The summed E-state index contributed by atoms with van der Waals surface area (Å²) < 4.78 is 0. The Balaban J connectivity index is 2.13. The molecule has 110 valence electrons. The van der Waals surface area contributed by atoms with Crippen molar-refractivity contribution >= 4 is 5.91 Å². The third kappa shape index (κ3) is 2.86. The topological polar surface area (TPSA) is 49.6 Å². The maximum absolute atomic E-state index is 11.9. The first-order valence-corrected chi connectivity index (χ1v) is 7.31. The van der Waals surface area contributed by atoms with Gasteiger partial charge in [0.2, 0.25) is 5.91 Å². The summed E-state index contributed by atoms with van der Waals surface area (Å²) in [5.74, 6) is 0.188. The molecule has 1 aromatic carbocycles. The maximum atomic E-state index is 11.9. The largest absolute Gasteiger partial charge is 0.342 e. The van der Waals surface area contributed by atoms with E-state index in [1.54, 1.807) is 0 Å². The number of nitrogens with zero attached hydrogens (tertiary/aromatic N) is 2. The predicted octanol–water partition coefficient (Wildman–Crippen LogP) is 1.41. The van der Waals surface area contributed by atoms with Gasteiger partial charge in [-0.25, -0.2) is 0 Å². The zero-order chi connectivity index (χ0) is 14.6. The van der Waals surface area contributed by atoms with E-state index in [4.69, 9.17) is 5.73 Å². The van der Waals surface area contributed by atoms with Crippen LogP contribution in [0, 0.1) is 0 Å². The highest BCUT2D eigenvalue weighted by molar-refractivity contribution is 5.76. The number of benzene rings is 1. The van der Waals surface area contributed by atoms with Crippen LogP contribution in [0.2, 0.25) is 0 Å². The van der Waals surface area contributed by atoms with Crippen molar-refractivity contribution in [3.8, 4) is 0 Å². The van der Waals surface area contributed by atoms with Crippen LogP contribution in [0.25, 0.3) is 0 Å². The highest BCUT2D eigenvalue weighted by Gasteiger charge is 2.38. The van der Waals surface area contributed by atoms with E-state index in [1.807, 2.05) is 11.0 Å². The first-order chi connectivity index (χ1) is 9.60. The predicted molar refractivity (Wildman–Crippen MR) is 81.3 cm³/mol. The van der Waals surface area contributed by atoms with Gasteiger partial charge in [0, 0.05) is 31.6 Å². The number of likely N-dealkylation sites (tertiary alicyclic amines) is 1. The highest BCUT2D eigenvalue weighted by Crippen LogP contribution is 2.37. The smallest absolute Gasteiger partial charge is 0.223 e. The second-order valence-electron chi connectivity index (χ2n) is 5.71. The first kappa shape index (κ1) is 15.0. The van der Waals surface area contributed by atoms with Gasteiger partial charge in [-0.3, -0.25) is 9.69 Å². The molecule has 20 heavy (non-hydrogen) atoms. The molecule has 1 saturated heterocycles. The fraction of sp³-hybridized carbons (Fsp3) is 0.562. The van der Waals surface area contributed by atoms with E-state index >= 15 is 0 Å². The molecule has 0 aliphatic carbocycles. The van der Waals surface area contributed by atoms with Crippen molar-refractivity contribution in [3.05, 3.63) is 35.9 Å². The normalized spacial score (nSPS) is 18.3. The third-order valence-electron chi connectivity index (χ3n) is 4.47. The SMILES string of the molecule is CN(C)C1(c2ccccc2)CCN(C(=O)CCN)CC1. The molecular weight excluding hydrogens is 250 g/mol. The van der Waals surface area contributed by atoms with Gasteiger partial charge in [-0.15, -0.1) is 0 Å². The van der Waals surface area contributed by atoms with Crippen molar-refractivity contribution in [2.75, 3.05) is 33.7 Å². The minimum Gasteiger partial charge on any atom is -0.342 e. The number of piperidine rings is 1. The van der Waals surface area contributed by atoms with Crippen molar-refractivity contribution in [2.24, 2.45) is 5.73 Å². The molecule has 2 rings (SSSR count). The van der Waals surface area contributed by atoms with Crippen LogP contribution in [0.5, 0.6) is 0 Å². The number of hydrogen-bond donors (Lipinski definition) is 1. The molecule has 0 bridgehead atoms. The van der Waals surface area contributed by atoms with E-state index in [0.29, 0.717) is 13.0 Å². The minimum atomic E-state index is 0.0424. The number of amides is 1. The minimum absolute atomic E-state index is 0.0424. The van der Waals surface area contributed by atoms with Gasteiger partial charge in [-0.2, -0.15) is 0 Å². The zero-order valence-corrected chi connectivity index (χ0v) is 12.5. The molecule has 0 saturated carbocycles. The third-order valence-corrected chi connectivity index (χ3v) is 4.47. The van der Waals surface area contributed by atoms with Crippen molar-refractivity contribution < 1.29 is 4.79 Å². The van der Waals surface area contributed by atoms with Crippen molar-refractivity contribution in [2.45, 2.75) is 24.8 Å². The molecule has 2 N–H and O–H groups in total. The molecule has 1 fully saturated rings. The molecule has 0 atom stereocenters. The average Bonchev–Trinajstić information content (AvgIpc) is 2.48. The Morgan fingerprint density at radius 2 is 1.85 bits per heavy atom. The van der Waals surface area contributed by atoms with Crippen LogP contribution in [0.3, 0.4) is 0 Å². The lowest BCUT2D eigenvalue weighted by Crippen LogP contribution is -2.51. The quantitative estimate of drug-likeness (QED) is 0.904. The number of carbonyl (C=O) groups excluding carboxylic acids is 1. The van der Waals surface area contributed by atoms with Crippen molar-refractivity contribution in [1.82, 2.24) is 9.80 Å². The van der Waals surface area contributed by atoms with E-state index in [1.165, 1.54) is 5.56 Å². The Kier molecular flexibility index (Phi) is 4.78. The fourth-order valence-corrected chi connectivity index (χ4v) is 3.15. The van der Waals surface area contributed by atoms with Crippen LogP contribution in [-0.4, -0.2) is 49.4 Å². The van der Waals surface area contributed by atoms with Gasteiger partial charge in [-0.05, 0) is 32.5 Å². The molecular formula is C16H25N3O. The highest BCUT2D eigenvalue weighted by atomic mass is 16.2. The van der Waals surface area contributed by atoms with Crippen LogP contribution < -0.4 is 5.73 Å². The monoisotopic (exact) mass is 275 g/mol. The Hall–Kier alpha value is -1.39. The molecule has 1 aromatic rings. The summed E-state index contributed by atoms with van der Waals surface area (Å²) in [6.07, 6.45) is 2.40. The van der Waals surface area contributed by atoms with Gasteiger partial charge in [-0.1, -0.05) is 30.3 Å². The Morgan fingerprint density at radius 1 is 1.25 bits per heavy atom. The zero-order valence-electron chi connectivity index (χ0n) is 12.5. The standard InChI is InChI=1S/C16H25N3O/c1-18(2)16(14-6-4-3-5-7-14)9-12-19(13-10-16)15(20)8-11-17/h3-7H,8-13,17H2,1-2H3. The van der Waals surface area contributed by atoms with E-state index in [0.717, 1.165) is 25.9 Å². The Labute approximate surface area is 121 Å². The van der Waals surface area contributed by atoms with Gasteiger partial charge in [0.25, 0.3) is 0 Å². The van der Waals surface area contributed by atoms with E-state index in [-0.39, 0.29) is 11.4 Å². The van der Waals surface area contributed by atoms with E-state index < -0.39 is 0 Å². The van der Waals surface area contributed by atoms with Gasteiger partial charge < -0.3 is 10.6 Å². The van der Waals surface area contributed by atoms with Crippen LogP contribution in [-0.2, 0) is 10.3 Å². The Morgan fingerprint density at radius 3 is 2.35 bits per heavy atom. The summed E-state index contributed by atoms with van der Waals surface area (Å²) in [4.78, 5) is 16.2. The molecule has 1 aliphatic heterocycles. The lowest BCUT2D eigenvalue weighted by atomic mass is 9.79. The van der Waals surface area contributed by atoms with Crippen LogP contribution in [0.4, 0.5) is 0 Å². The average molecular weight is 275 g/mol. The molecule has 1 heterocycles. The van der Waals surface area contributed by atoms with E-state index in [9.17, 15) is 4.79 Å². The van der Waals surface area contributed by atoms with Gasteiger partial charge in [0.05, 0.1) is 0 Å². The summed E-state index contributed by atoms with van der Waals surface area (Å²) in [7, 11) is 4.26. The van der Waals surface area contributed by atoms with Gasteiger partial charge in [0.1, 0.15) is 0 Å². The summed E-state index contributed by atoms with van der Waals surface area (Å²) in [6, 6.07) is 10.6. The van der Waals surface area contributed by atoms with Crippen LogP contribution in [0.15, 0.2) is 30.3 Å². The second kappa shape index (κ2) is 6.37. The molecule has 0 aromatic heterocycles. The first-order valence-electron chi connectivity index (χ1n) is 7.31. The lowest BCUT2D eigenvalue weighted by Gasteiger charge is -2.46. The van der Waals surface area contributed by atoms with Gasteiger partial charge >= 0.3 is 0 Å². The number of nitrogens with two attached hydrogens (primary N) is 1. The molecule has 4 nitrogen and oxygen atoms in total. The molecule has 0 unspecified atom stereocenters. The number of hydrogen-bond acceptors (Lipinski definition) is 3. The van der Waals surface area contributed by atoms with Gasteiger partial charge in [0.15, 0.2) is 0 Å². The molecule has 1 amide bonds. The molecule has 1 aliphatic rings. The van der Waals surface area contributed by atoms with Crippen LogP contribution in [0.1, 0.15) is 24.8 Å². The number of rotatable bonds is 4. The van der Waals surface area contributed by atoms with Crippen molar-refractivity contribution in [3.63, 3.8) is 0 Å². The van der Waals surface area contributed by atoms with Crippen molar-refractivity contribution in [1.29, 1.82) is 0 Å². The second-order valence-corrected chi connectivity index (χ2v) is 5.71. The summed E-state index contributed by atoms with van der Waals surface area (Å²) in [6.45, 7) is 2.06. The summed E-state index contributed by atoms with van der Waals surface area (Å²) in [5, 5.41) is 0. The lowest BCUT2D eigenvalue weighted by molar-refractivity contribution is -0.133. The molecule has 0 spiro atoms. The Bertz CT molecular complexity index is 436. The van der Waals surface area contributed by atoms with E-state index in [2.05, 4.69) is 43.3 Å². The van der Waals surface area contributed by atoms with Crippen LogP contribution >= 0.6 is 0 Å². The number of carbonyl (C=O) groups is 1.